The standard InChI is InChI=1S/C20H18O/c1-12-9-16-10-15-5-3-4-6-17(15)20(16)18-8-7-14(13(2)21)11-19(12)18/h3-8,11-12H,9-10H2,1-2H3/t12-/m1/s1. The largest absolute Gasteiger partial charge is 0.295 e. The van der Waals surface area contributed by atoms with Crippen molar-refractivity contribution in [1.82, 2.24) is 0 Å². The second kappa shape index (κ2) is 4.42. The highest BCUT2D eigenvalue weighted by molar-refractivity contribution is 5.96. The van der Waals surface area contributed by atoms with Gasteiger partial charge >= 0.3 is 0 Å². The molecule has 0 aliphatic heterocycles. The Morgan fingerprint density at radius 3 is 2.71 bits per heavy atom. The topological polar surface area (TPSA) is 17.1 Å². The first kappa shape index (κ1) is 12.6. The van der Waals surface area contributed by atoms with Gasteiger partial charge in [-0.25, -0.2) is 0 Å². The van der Waals surface area contributed by atoms with Crippen LogP contribution >= 0.6 is 0 Å². The van der Waals surface area contributed by atoms with E-state index < -0.39 is 0 Å². The van der Waals surface area contributed by atoms with Crippen molar-refractivity contribution in [3.05, 3.63) is 75.9 Å². The number of rotatable bonds is 1. The van der Waals surface area contributed by atoms with E-state index in [9.17, 15) is 4.79 Å². The van der Waals surface area contributed by atoms with E-state index in [0.717, 1.165) is 18.4 Å². The zero-order chi connectivity index (χ0) is 14.6. The first-order chi connectivity index (χ1) is 10.1. The Bertz CT molecular complexity index is 795. The van der Waals surface area contributed by atoms with Gasteiger partial charge in [-0.3, -0.25) is 4.79 Å². The summed E-state index contributed by atoms with van der Waals surface area (Å²) >= 11 is 0. The maximum atomic E-state index is 11.7. The van der Waals surface area contributed by atoms with E-state index in [-0.39, 0.29) is 5.78 Å². The van der Waals surface area contributed by atoms with Crippen LogP contribution in [0.3, 0.4) is 0 Å². The number of Topliss-reactive ketones (excluding diaryl/α,β-unsaturated/α-hetero) is 1. The number of carbonyl (C=O) groups is 1. The van der Waals surface area contributed by atoms with Gasteiger partial charge in [0.15, 0.2) is 5.78 Å². The zero-order valence-corrected chi connectivity index (χ0v) is 12.4. The second-order valence-corrected chi connectivity index (χ2v) is 6.28. The number of benzene rings is 2. The Morgan fingerprint density at radius 2 is 1.90 bits per heavy atom. The van der Waals surface area contributed by atoms with E-state index in [1.54, 1.807) is 12.5 Å². The van der Waals surface area contributed by atoms with Crippen LogP contribution in [0.5, 0.6) is 0 Å². The first-order valence-electron chi connectivity index (χ1n) is 7.60. The summed E-state index contributed by atoms with van der Waals surface area (Å²) in [6.45, 7) is 3.92. The molecule has 1 nitrogen and oxygen atoms in total. The molecule has 0 saturated carbocycles. The summed E-state index contributed by atoms with van der Waals surface area (Å²) in [7, 11) is 0. The van der Waals surface area contributed by atoms with Crippen molar-refractivity contribution in [3.63, 3.8) is 0 Å². The fraction of sp³-hybridized carbons (Fsp3) is 0.250. The highest BCUT2D eigenvalue weighted by Gasteiger charge is 2.30. The van der Waals surface area contributed by atoms with E-state index >= 15 is 0 Å². The summed E-state index contributed by atoms with van der Waals surface area (Å²) in [6.07, 6.45) is 2.20. The van der Waals surface area contributed by atoms with Crippen LogP contribution in [-0.2, 0) is 6.42 Å². The van der Waals surface area contributed by atoms with E-state index in [0.29, 0.717) is 5.92 Å². The number of hydrogen-bond acceptors (Lipinski definition) is 1. The number of fused-ring (bicyclic) bond motifs is 4. The minimum Gasteiger partial charge on any atom is -0.295 e. The highest BCUT2D eigenvalue weighted by atomic mass is 16.1. The molecule has 0 radical (unpaired) electrons. The van der Waals surface area contributed by atoms with Gasteiger partial charge < -0.3 is 0 Å². The van der Waals surface area contributed by atoms with Crippen LogP contribution in [0.1, 0.15) is 58.8 Å². The molecule has 1 heteroatoms. The monoisotopic (exact) mass is 274 g/mol. The predicted molar refractivity (Wildman–Crippen MR) is 85.6 cm³/mol. The Hall–Kier alpha value is -2.15. The lowest BCUT2D eigenvalue weighted by Gasteiger charge is -2.25. The molecule has 1 atom stereocenters. The number of allylic oxidation sites excluding steroid dienone is 1. The fourth-order valence-corrected chi connectivity index (χ4v) is 3.83. The summed E-state index contributed by atoms with van der Waals surface area (Å²) in [5.41, 5.74) is 9.31. The van der Waals surface area contributed by atoms with Gasteiger partial charge in [0, 0.05) is 5.56 Å². The van der Waals surface area contributed by atoms with Crippen molar-refractivity contribution in [2.24, 2.45) is 0 Å². The fourth-order valence-electron chi connectivity index (χ4n) is 3.83. The molecule has 0 amide bonds. The van der Waals surface area contributed by atoms with E-state index in [4.69, 9.17) is 0 Å². The second-order valence-electron chi connectivity index (χ2n) is 6.28. The van der Waals surface area contributed by atoms with E-state index in [1.165, 1.54) is 27.8 Å². The molecule has 2 aliphatic carbocycles. The smallest absolute Gasteiger partial charge is 0.159 e. The van der Waals surface area contributed by atoms with Crippen LogP contribution in [-0.4, -0.2) is 5.78 Å². The summed E-state index contributed by atoms with van der Waals surface area (Å²) in [5.74, 6) is 0.643. The van der Waals surface area contributed by atoms with Gasteiger partial charge in [-0.15, -0.1) is 0 Å². The Kier molecular flexibility index (Phi) is 2.65. The van der Waals surface area contributed by atoms with Gasteiger partial charge in [-0.1, -0.05) is 48.9 Å². The quantitative estimate of drug-likeness (QED) is 0.685. The summed E-state index contributed by atoms with van der Waals surface area (Å²) < 4.78 is 0. The van der Waals surface area contributed by atoms with Crippen LogP contribution < -0.4 is 0 Å². The lowest BCUT2D eigenvalue weighted by Crippen LogP contribution is -2.09. The van der Waals surface area contributed by atoms with Crippen molar-refractivity contribution >= 4 is 11.4 Å². The molecular weight excluding hydrogens is 256 g/mol. The van der Waals surface area contributed by atoms with Crippen molar-refractivity contribution in [2.75, 3.05) is 0 Å². The van der Waals surface area contributed by atoms with Gasteiger partial charge in [0.2, 0.25) is 0 Å². The predicted octanol–water partition coefficient (Wildman–Crippen LogP) is 4.75. The van der Waals surface area contributed by atoms with Gasteiger partial charge in [0.25, 0.3) is 0 Å². The minimum atomic E-state index is 0.150. The van der Waals surface area contributed by atoms with Crippen molar-refractivity contribution < 1.29 is 4.79 Å². The van der Waals surface area contributed by atoms with Gasteiger partial charge in [-0.05, 0) is 59.6 Å². The van der Waals surface area contributed by atoms with Gasteiger partial charge in [-0.2, -0.15) is 0 Å². The Labute approximate surface area is 125 Å². The average molecular weight is 274 g/mol. The third-order valence-electron chi connectivity index (χ3n) is 4.86. The van der Waals surface area contributed by atoms with Crippen molar-refractivity contribution in [3.8, 4) is 0 Å². The molecule has 0 saturated heterocycles. The third-order valence-corrected chi connectivity index (χ3v) is 4.86. The lowest BCUT2D eigenvalue weighted by atomic mass is 9.79. The first-order valence-corrected chi connectivity index (χ1v) is 7.60. The molecule has 0 N–H and O–H groups in total. The number of hydrogen-bond donors (Lipinski definition) is 0. The van der Waals surface area contributed by atoms with Gasteiger partial charge in [0.05, 0.1) is 0 Å². The average Bonchev–Trinajstić information content (AvgIpc) is 2.85. The minimum absolute atomic E-state index is 0.150. The maximum Gasteiger partial charge on any atom is 0.159 e. The van der Waals surface area contributed by atoms with E-state index in [2.05, 4.69) is 43.3 Å². The summed E-state index contributed by atoms with van der Waals surface area (Å²) in [6, 6.07) is 15.0. The van der Waals surface area contributed by atoms with Crippen molar-refractivity contribution in [1.29, 1.82) is 0 Å². The molecule has 21 heavy (non-hydrogen) atoms. The van der Waals surface area contributed by atoms with Gasteiger partial charge in [0.1, 0.15) is 0 Å². The molecular formula is C20H18O. The lowest BCUT2D eigenvalue weighted by molar-refractivity contribution is 0.101. The van der Waals surface area contributed by atoms with Crippen LogP contribution in [0.15, 0.2) is 48.0 Å². The van der Waals surface area contributed by atoms with E-state index in [1.807, 2.05) is 6.07 Å². The molecule has 4 rings (SSSR count). The molecule has 0 unspecified atom stereocenters. The molecule has 0 heterocycles. The van der Waals surface area contributed by atoms with Crippen LogP contribution in [0.4, 0.5) is 0 Å². The third kappa shape index (κ3) is 1.80. The van der Waals surface area contributed by atoms with Crippen LogP contribution in [0.25, 0.3) is 5.57 Å². The van der Waals surface area contributed by atoms with Crippen LogP contribution in [0, 0.1) is 0 Å². The normalized spacial score (nSPS) is 19.0. The molecule has 2 aromatic rings. The van der Waals surface area contributed by atoms with Crippen LogP contribution in [0.2, 0.25) is 0 Å². The van der Waals surface area contributed by atoms with Crippen molar-refractivity contribution in [2.45, 2.75) is 32.6 Å². The summed E-state index contributed by atoms with van der Waals surface area (Å²) in [5, 5.41) is 0. The summed E-state index contributed by atoms with van der Waals surface area (Å²) in [4.78, 5) is 11.7. The number of carbonyl (C=O) groups excluding carboxylic acids is 1. The Morgan fingerprint density at radius 1 is 1.10 bits per heavy atom. The zero-order valence-electron chi connectivity index (χ0n) is 12.4. The molecule has 104 valence electrons. The molecule has 0 spiro atoms. The molecule has 2 aliphatic rings. The Balaban J connectivity index is 1.93. The number of ketones is 1. The molecule has 2 aromatic carbocycles. The maximum absolute atomic E-state index is 11.7. The highest BCUT2D eigenvalue weighted by Crippen LogP contribution is 2.47. The molecule has 0 bridgehead atoms. The SMILES string of the molecule is CC(=O)c1ccc2c(c1)[C@H](C)CC1=C2c2ccccc2C1. The molecule has 0 aromatic heterocycles. The molecule has 0 fully saturated rings.